The number of aromatic nitrogens is 2. The van der Waals surface area contributed by atoms with Gasteiger partial charge in [-0.05, 0) is 30.7 Å². The molecule has 4 rings (SSSR count). The molecule has 2 aromatic heterocycles. The van der Waals surface area contributed by atoms with E-state index >= 15 is 0 Å². The van der Waals surface area contributed by atoms with E-state index in [1.54, 1.807) is 24.7 Å². The van der Waals surface area contributed by atoms with Gasteiger partial charge in [0, 0.05) is 37.8 Å². The van der Waals surface area contributed by atoms with Crippen LogP contribution < -0.4 is 5.32 Å². The van der Waals surface area contributed by atoms with Crippen molar-refractivity contribution in [2.24, 2.45) is 0 Å². The second kappa shape index (κ2) is 6.20. The highest BCUT2D eigenvalue weighted by molar-refractivity contribution is 5.94. The molecule has 1 amide bonds. The van der Waals surface area contributed by atoms with E-state index in [-0.39, 0.29) is 17.6 Å². The van der Waals surface area contributed by atoms with Crippen LogP contribution in [0.2, 0.25) is 0 Å². The number of carbonyl (C=O) groups is 1. The molecule has 2 aliphatic heterocycles. The topological polar surface area (TPSA) is 67.4 Å². The average molecular weight is 324 g/mol. The number of nitrogens with zero attached hydrogens (tertiary/aromatic N) is 3. The molecule has 0 radical (unpaired) electrons. The largest absolute Gasteiger partial charge is 0.379 e. The van der Waals surface area contributed by atoms with Gasteiger partial charge in [0.25, 0.3) is 5.91 Å². The summed E-state index contributed by atoms with van der Waals surface area (Å²) in [5, 5.41) is 3.47. The number of likely N-dealkylation sites (tertiary alicyclic amines) is 1. The minimum absolute atomic E-state index is 0.0345. The zero-order chi connectivity index (χ0) is 16.4. The van der Waals surface area contributed by atoms with Gasteiger partial charge in [0.2, 0.25) is 0 Å². The number of hydrogen-bond acceptors (Lipinski definition) is 5. The Balaban J connectivity index is 1.39. The van der Waals surface area contributed by atoms with Gasteiger partial charge in [-0.15, -0.1) is 0 Å². The molecule has 6 heteroatoms. The highest BCUT2D eigenvalue weighted by atomic mass is 16.5. The first-order chi connectivity index (χ1) is 11.7. The van der Waals surface area contributed by atoms with Crippen LogP contribution in [0.4, 0.5) is 5.69 Å². The maximum absolute atomic E-state index is 12.6. The monoisotopic (exact) mass is 324 g/mol. The summed E-state index contributed by atoms with van der Waals surface area (Å²) in [4.78, 5) is 22.6. The molecule has 2 fully saturated rings. The van der Waals surface area contributed by atoms with Gasteiger partial charge in [-0.2, -0.15) is 0 Å². The normalized spacial score (nSPS) is 26.0. The number of rotatable bonds is 3. The summed E-state index contributed by atoms with van der Waals surface area (Å²) in [6.07, 6.45) is 8.66. The van der Waals surface area contributed by atoms with Crippen LogP contribution in [0.3, 0.4) is 0 Å². The maximum Gasteiger partial charge on any atom is 0.255 e. The van der Waals surface area contributed by atoms with E-state index < -0.39 is 0 Å². The summed E-state index contributed by atoms with van der Waals surface area (Å²) in [5.41, 5.74) is 1.42. The highest BCUT2D eigenvalue weighted by Crippen LogP contribution is 2.36. The predicted molar refractivity (Wildman–Crippen MR) is 89.7 cm³/mol. The van der Waals surface area contributed by atoms with E-state index in [9.17, 15) is 4.79 Å². The molecule has 2 aromatic rings. The summed E-state index contributed by atoms with van der Waals surface area (Å²) < 4.78 is 6.11. The van der Waals surface area contributed by atoms with E-state index in [1.807, 2.05) is 29.3 Å². The molecule has 124 valence electrons. The van der Waals surface area contributed by atoms with Crippen LogP contribution in [-0.4, -0.2) is 52.1 Å². The molecule has 0 aliphatic carbocycles. The van der Waals surface area contributed by atoms with Crippen LogP contribution in [-0.2, 0) is 4.74 Å². The Bertz CT molecular complexity index is 709. The van der Waals surface area contributed by atoms with Crippen LogP contribution in [0.1, 0.15) is 23.2 Å². The SMILES string of the molecule is O=C(c1cccnc1)N1CC[C@]2(C[C@@H](Nc3cccnc3)CO2)C1. The van der Waals surface area contributed by atoms with Gasteiger partial charge < -0.3 is 15.0 Å². The third-order valence-electron chi connectivity index (χ3n) is 4.75. The molecule has 0 saturated carbocycles. The zero-order valence-corrected chi connectivity index (χ0v) is 13.4. The number of ether oxygens (including phenoxy) is 1. The third-order valence-corrected chi connectivity index (χ3v) is 4.75. The van der Waals surface area contributed by atoms with Gasteiger partial charge in [0.15, 0.2) is 0 Å². The highest BCUT2D eigenvalue weighted by Gasteiger charge is 2.46. The molecule has 4 heterocycles. The van der Waals surface area contributed by atoms with Gasteiger partial charge in [-0.1, -0.05) is 0 Å². The second-order valence-electron chi connectivity index (χ2n) is 6.50. The lowest BCUT2D eigenvalue weighted by atomic mass is 9.97. The van der Waals surface area contributed by atoms with Gasteiger partial charge in [-0.25, -0.2) is 0 Å². The lowest BCUT2D eigenvalue weighted by molar-refractivity contribution is 0.0125. The standard InChI is InChI=1S/C18H20N4O2/c23-17(14-3-1-6-19-10-14)22-8-5-18(13-22)9-16(12-24-18)21-15-4-2-7-20-11-15/h1-4,6-7,10-11,16,21H,5,8-9,12-13H2/t16-,18+/m1/s1. The molecule has 0 aromatic carbocycles. The number of pyridine rings is 2. The van der Waals surface area contributed by atoms with Crippen molar-refractivity contribution in [1.29, 1.82) is 0 Å². The van der Waals surface area contributed by atoms with Gasteiger partial charge in [-0.3, -0.25) is 14.8 Å². The molecule has 2 saturated heterocycles. The Morgan fingerprint density at radius 2 is 2.08 bits per heavy atom. The molecule has 0 unspecified atom stereocenters. The van der Waals surface area contributed by atoms with E-state index in [0.29, 0.717) is 18.7 Å². The fourth-order valence-corrected chi connectivity index (χ4v) is 3.60. The quantitative estimate of drug-likeness (QED) is 0.935. The number of nitrogens with one attached hydrogen (secondary N) is 1. The van der Waals surface area contributed by atoms with Crippen molar-refractivity contribution in [2.75, 3.05) is 25.0 Å². The average Bonchev–Trinajstić information content (AvgIpc) is 3.23. The van der Waals surface area contributed by atoms with Crippen molar-refractivity contribution in [2.45, 2.75) is 24.5 Å². The second-order valence-corrected chi connectivity index (χ2v) is 6.50. The Hall–Kier alpha value is -2.47. The van der Waals surface area contributed by atoms with E-state index in [2.05, 4.69) is 15.3 Å². The Labute approximate surface area is 140 Å². The molecule has 2 aliphatic rings. The molecule has 24 heavy (non-hydrogen) atoms. The lowest BCUT2D eigenvalue weighted by Gasteiger charge is -2.23. The minimum Gasteiger partial charge on any atom is -0.379 e. The zero-order valence-electron chi connectivity index (χ0n) is 13.4. The van der Waals surface area contributed by atoms with E-state index in [1.165, 1.54) is 0 Å². The summed E-state index contributed by atoms with van der Waals surface area (Å²) in [6.45, 7) is 2.03. The molecule has 1 spiro atoms. The Morgan fingerprint density at radius 1 is 1.25 bits per heavy atom. The molecule has 1 N–H and O–H groups in total. The number of anilines is 1. The molecule has 2 atom stereocenters. The minimum atomic E-state index is -0.224. The van der Waals surface area contributed by atoms with Crippen molar-refractivity contribution < 1.29 is 9.53 Å². The Kier molecular flexibility index (Phi) is 3.90. The van der Waals surface area contributed by atoms with Crippen LogP contribution >= 0.6 is 0 Å². The summed E-state index contributed by atoms with van der Waals surface area (Å²) >= 11 is 0. The number of amides is 1. The van der Waals surface area contributed by atoms with Gasteiger partial charge >= 0.3 is 0 Å². The van der Waals surface area contributed by atoms with Crippen LogP contribution in [0.15, 0.2) is 49.1 Å². The number of carbonyl (C=O) groups excluding carboxylic acids is 1. The third kappa shape index (κ3) is 2.97. The maximum atomic E-state index is 12.6. The van der Waals surface area contributed by atoms with Crippen molar-refractivity contribution >= 4 is 11.6 Å². The summed E-state index contributed by atoms with van der Waals surface area (Å²) in [7, 11) is 0. The first kappa shape index (κ1) is 15.1. The summed E-state index contributed by atoms with van der Waals surface area (Å²) in [6, 6.07) is 7.77. The fourth-order valence-electron chi connectivity index (χ4n) is 3.60. The van der Waals surface area contributed by atoms with Crippen molar-refractivity contribution in [3.8, 4) is 0 Å². The van der Waals surface area contributed by atoms with Crippen LogP contribution in [0, 0.1) is 0 Å². The first-order valence-electron chi connectivity index (χ1n) is 8.24. The molecule has 6 nitrogen and oxygen atoms in total. The summed E-state index contributed by atoms with van der Waals surface area (Å²) in [5.74, 6) is 0.0345. The lowest BCUT2D eigenvalue weighted by Crippen LogP contribution is -2.36. The van der Waals surface area contributed by atoms with Crippen molar-refractivity contribution in [1.82, 2.24) is 14.9 Å². The van der Waals surface area contributed by atoms with E-state index in [0.717, 1.165) is 25.1 Å². The first-order valence-corrected chi connectivity index (χ1v) is 8.24. The van der Waals surface area contributed by atoms with Gasteiger partial charge in [0.1, 0.15) is 0 Å². The van der Waals surface area contributed by atoms with E-state index in [4.69, 9.17) is 4.74 Å². The van der Waals surface area contributed by atoms with Crippen molar-refractivity contribution in [3.05, 3.63) is 54.6 Å². The fraction of sp³-hybridized carbons (Fsp3) is 0.389. The van der Waals surface area contributed by atoms with Crippen LogP contribution in [0.25, 0.3) is 0 Å². The molecular weight excluding hydrogens is 304 g/mol. The van der Waals surface area contributed by atoms with Gasteiger partial charge in [0.05, 0.1) is 36.0 Å². The predicted octanol–water partition coefficient (Wildman–Crippen LogP) is 1.96. The Morgan fingerprint density at radius 3 is 2.83 bits per heavy atom. The molecule has 0 bridgehead atoms. The number of hydrogen-bond donors (Lipinski definition) is 1. The smallest absolute Gasteiger partial charge is 0.255 e. The van der Waals surface area contributed by atoms with Crippen LogP contribution in [0.5, 0.6) is 0 Å². The van der Waals surface area contributed by atoms with Crippen molar-refractivity contribution in [3.63, 3.8) is 0 Å². The molecular formula is C18H20N4O2.